The molecule has 0 aliphatic rings. The number of hydrogen-bond donors (Lipinski definition) is 1. The van der Waals surface area contributed by atoms with Crippen LogP contribution in [0.25, 0.3) is 0 Å². The second-order valence-electron chi connectivity index (χ2n) is 4.79. The lowest BCUT2D eigenvalue weighted by Gasteiger charge is -2.12. The summed E-state index contributed by atoms with van der Waals surface area (Å²) in [6.45, 7) is 2.02. The number of aryl methyl sites for hydroxylation is 1. The SMILES string of the molecule is Cc1cccc(CC(O)Cc2ccc(Br)cc2F)c1. The Morgan fingerprint density at radius 3 is 2.63 bits per heavy atom. The lowest BCUT2D eigenvalue weighted by Crippen LogP contribution is -2.14. The highest BCUT2D eigenvalue weighted by atomic mass is 79.9. The molecular formula is C16H16BrFO. The van der Waals surface area contributed by atoms with Crippen molar-refractivity contribution in [3.63, 3.8) is 0 Å². The number of aliphatic hydroxyl groups is 1. The Hall–Kier alpha value is -1.19. The summed E-state index contributed by atoms with van der Waals surface area (Å²) in [7, 11) is 0. The summed E-state index contributed by atoms with van der Waals surface area (Å²) in [5, 5.41) is 10.1. The molecule has 0 amide bonds. The van der Waals surface area contributed by atoms with Crippen LogP contribution in [-0.4, -0.2) is 11.2 Å². The number of benzene rings is 2. The zero-order valence-corrected chi connectivity index (χ0v) is 12.3. The van der Waals surface area contributed by atoms with E-state index in [0.717, 1.165) is 5.56 Å². The second kappa shape index (κ2) is 6.31. The molecule has 0 saturated heterocycles. The fourth-order valence-electron chi connectivity index (χ4n) is 2.12. The first-order valence-corrected chi connectivity index (χ1v) is 7.01. The van der Waals surface area contributed by atoms with Crippen molar-refractivity contribution in [1.82, 2.24) is 0 Å². The molecule has 19 heavy (non-hydrogen) atoms. The van der Waals surface area contributed by atoms with Crippen molar-refractivity contribution >= 4 is 15.9 Å². The van der Waals surface area contributed by atoms with Crippen LogP contribution in [0.4, 0.5) is 4.39 Å². The van der Waals surface area contributed by atoms with Crippen LogP contribution in [0.1, 0.15) is 16.7 Å². The molecule has 0 aliphatic carbocycles. The van der Waals surface area contributed by atoms with Crippen LogP contribution >= 0.6 is 15.9 Å². The Morgan fingerprint density at radius 1 is 1.16 bits per heavy atom. The smallest absolute Gasteiger partial charge is 0.127 e. The zero-order chi connectivity index (χ0) is 13.8. The highest BCUT2D eigenvalue weighted by Crippen LogP contribution is 2.18. The molecule has 3 heteroatoms. The fourth-order valence-corrected chi connectivity index (χ4v) is 2.46. The zero-order valence-electron chi connectivity index (χ0n) is 10.7. The molecule has 0 aliphatic heterocycles. The van der Waals surface area contributed by atoms with Gasteiger partial charge in [0.1, 0.15) is 5.82 Å². The molecular weight excluding hydrogens is 307 g/mol. The third-order valence-corrected chi connectivity index (χ3v) is 3.52. The second-order valence-corrected chi connectivity index (χ2v) is 5.70. The van der Waals surface area contributed by atoms with Crippen molar-refractivity contribution in [3.8, 4) is 0 Å². The maximum atomic E-state index is 13.7. The van der Waals surface area contributed by atoms with Gasteiger partial charge in [0.2, 0.25) is 0 Å². The quantitative estimate of drug-likeness (QED) is 0.900. The standard InChI is InChI=1S/C16H16BrFO/c1-11-3-2-4-12(7-11)8-15(19)9-13-5-6-14(17)10-16(13)18/h2-7,10,15,19H,8-9H2,1H3. The van der Waals surface area contributed by atoms with Gasteiger partial charge < -0.3 is 5.11 Å². The van der Waals surface area contributed by atoms with Crippen LogP contribution in [0.5, 0.6) is 0 Å². The van der Waals surface area contributed by atoms with Crippen LogP contribution in [0.2, 0.25) is 0 Å². The van der Waals surface area contributed by atoms with Gasteiger partial charge in [0.05, 0.1) is 6.10 Å². The maximum absolute atomic E-state index is 13.7. The van der Waals surface area contributed by atoms with Gasteiger partial charge in [0, 0.05) is 10.9 Å². The minimum Gasteiger partial charge on any atom is -0.392 e. The number of rotatable bonds is 4. The molecule has 0 bridgehead atoms. The summed E-state index contributed by atoms with van der Waals surface area (Å²) in [6, 6.07) is 12.9. The van der Waals surface area contributed by atoms with Gasteiger partial charge in [-0.05, 0) is 36.6 Å². The van der Waals surface area contributed by atoms with Gasteiger partial charge in [-0.1, -0.05) is 51.8 Å². The molecule has 0 heterocycles. The van der Waals surface area contributed by atoms with Crippen molar-refractivity contribution in [2.45, 2.75) is 25.9 Å². The van der Waals surface area contributed by atoms with E-state index >= 15 is 0 Å². The normalized spacial score (nSPS) is 12.4. The van der Waals surface area contributed by atoms with E-state index in [-0.39, 0.29) is 5.82 Å². The van der Waals surface area contributed by atoms with Gasteiger partial charge in [-0.3, -0.25) is 0 Å². The summed E-state index contributed by atoms with van der Waals surface area (Å²) in [5.74, 6) is -0.280. The molecule has 0 radical (unpaired) electrons. The van der Waals surface area contributed by atoms with E-state index < -0.39 is 6.10 Å². The summed E-state index contributed by atoms with van der Waals surface area (Å²) >= 11 is 3.22. The van der Waals surface area contributed by atoms with Crippen molar-refractivity contribution in [2.24, 2.45) is 0 Å². The van der Waals surface area contributed by atoms with Gasteiger partial charge in [-0.25, -0.2) is 4.39 Å². The predicted molar refractivity (Wildman–Crippen MR) is 78.7 cm³/mol. The van der Waals surface area contributed by atoms with E-state index in [0.29, 0.717) is 22.9 Å². The van der Waals surface area contributed by atoms with E-state index in [1.807, 2.05) is 31.2 Å². The van der Waals surface area contributed by atoms with Crippen LogP contribution in [0.3, 0.4) is 0 Å². The lowest BCUT2D eigenvalue weighted by atomic mass is 10.00. The topological polar surface area (TPSA) is 20.2 Å². The average molecular weight is 323 g/mol. The van der Waals surface area contributed by atoms with Crippen LogP contribution in [-0.2, 0) is 12.8 Å². The van der Waals surface area contributed by atoms with Crippen LogP contribution < -0.4 is 0 Å². The minimum absolute atomic E-state index is 0.280. The minimum atomic E-state index is -0.572. The van der Waals surface area contributed by atoms with Crippen molar-refractivity contribution in [1.29, 1.82) is 0 Å². The summed E-state index contributed by atoms with van der Waals surface area (Å²) in [4.78, 5) is 0. The van der Waals surface area contributed by atoms with Gasteiger partial charge >= 0.3 is 0 Å². The van der Waals surface area contributed by atoms with Gasteiger partial charge in [-0.2, -0.15) is 0 Å². The molecule has 1 nitrogen and oxygen atoms in total. The highest BCUT2D eigenvalue weighted by molar-refractivity contribution is 9.10. The number of aliphatic hydroxyl groups excluding tert-OH is 1. The summed E-state index contributed by atoms with van der Waals surface area (Å²) in [6.07, 6.45) is 0.294. The van der Waals surface area contributed by atoms with E-state index in [1.165, 1.54) is 11.6 Å². The first kappa shape index (κ1) is 14.2. The Bertz CT molecular complexity index is 568. The maximum Gasteiger partial charge on any atom is 0.127 e. The largest absolute Gasteiger partial charge is 0.392 e. The third-order valence-electron chi connectivity index (χ3n) is 3.02. The molecule has 100 valence electrons. The van der Waals surface area contributed by atoms with Crippen molar-refractivity contribution in [2.75, 3.05) is 0 Å². The van der Waals surface area contributed by atoms with E-state index in [4.69, 9.17) is 0 Å². The first-order chi connectivity index (χ1) is 9.04. The number of hydrogen-bond acceptors (Lipinski definition) is 1. The molecule has 2 aromatic rings. The predicted octanol–water partition coefficient (Wildman–Crippen LogP) is 4.04. The molecule has 0 saturated carbocycles. The Kier molecular flexibility index (Phi) is 4.72. The van der Waals surface area contributed by atoms with E-state index in [1.54, 1.807) is 12.1 Å². The molecule has 1 atom stereocenters. The van der Waals surface area contributed by atoms with E-state index in [9.17, 15) is 9.50 Å². The third kappa shape index (κ3) is 4.15. The molecule has 0 aromatic heterocycles. The van der Waals surface area contributed by atoms with E-state index in [2.05, 4.69) is 15.9 Å². The Morgan fingerprint density at radius 2 is 1.95 bits per heavy atom. The van der Waals surface area contributed by atoms with Gasteiger partial charge in [0.25, 0.3) is 0 Å². The molecule has 2 rings (SSSR count). The Balaban J connectivity index is 2.03. The van der Waals surface area contributed by atoms with Crippen LogP contribution in [0, 0.1) is 12.7 Å². The van der Waals surface area contributed by atoms with Crippen molar-refractivity contribution < 1.29 is 9.50 Å². The summed E-state index contributed by atoms with van der Waals surface area (Å²) in [5.41, 5.74) is 2.79. The molecule has 1 N–H and O–H groups in total. The first-order valence-electron chi connectivity index (χ1n) is 6.22. The average Bonchev–Trinajstić information content (AvgIpc) is 2.33. The lowest BCUT2D eigenvalue weighted by molar-refractivity contribution is 0.174. The van der Waals surface area contributed by atoms with Gasteiger partial charge in [-0.15, -0.1) is 0 Å². The Labute approximate surface area is 121 Å². The van der Waals surface area contributed by atoms with Crippen molar-refractivity contribution in [3.05, 3.63) is 69.4 Å². The highest BCUT2D eigenvalue weighted by Gasteiger charge is 2.10. The summed E-state index contributed by atoms with van der Waals surface area (Å²) < 4.78 is 14.4. The monoisotopic (exact) mass is 322 g/mol. The fraction of sp³-hybridized carbons (Fsp3) is 0.250. The molecule has 1 unspecified atom stereocenters. The van der Waals surface area contributed by atoms with Crippen LogP contribution in [0.15, 0.2) is 46.9 Å². The molecule has 0 spiro atoms. The molecule has 2 aromatic carbocycles. The molecule has 0 fully saturated rings. The number of halogens is 2. The van der Waals surface area contributed by atoms with Gasteiger partial charge in [0.15, 0.2) is 0 Å².